The number of piperazine rings is 1. The molecule has 1 aliphatic rings. The molecule has 0 saturated carbocycles. The summed E-state index contributed by atoms with van der Waals surface area (Å²) in [6, 6.07) is 14.6. The molecule has 0 radical (unpaired) electrons. The van der Waals surface area contributed by atoms with E-state index in [-0.39, 0.29) is 0 Å². The van der Waals surface area contributed by atoms with E-state index < -0.39 is 0 Å². The average Bonchev–Trinajstić information content (AvgIpc) is 3.30. The minimum absolute atomic E-state index is 0.312. The van der Waals surface area contributed by atoms with Crippen molar-refractivity contribution in [3.05, 3.63) is 77.4 Å². The van der Waals surface area contributed by atoms with Crippen LogP contribution in [0.2, 0.25) is 0 Å². The van der Waals surface area contributed by atoms with E-state index in [4.69, 9.17) is 15.2 Å². The van der Waals surface area contributed by atoms with Crippen LogP contribution in [-0.2, 0) is 0 Å². The van der Waals surface area contributed by atoms with Gasteiger partial charge < -0.3 is 9.30 Å². The highest BCUT2D eigenvalue weighted by atomic mass is 15.3. The number of fused-ring (bicyclic) bond motifs is 1. The van der Waals surface area contributed by atoms with Gasteiger partial charge >= 0.3 is 0 Å². The Balaban J connectivity index is 1.34. The van der Waals surface area contributed by atoms with Gasteiger partial charge in [0.2, 0.25) is 0 Å². The molecule has 33 heavy (non-hydrogen) atoms. The number of nitriles is 1. The van der Waals surface area contributed by atoms with Gasteiger partial charge in [0, 0.05) is 68.1 Å². The normalized spacial score (nSPS) is 15.5. The Kier molecular flexibility index (Phi) is 5.53. The Morgan fingerprint density at radius 2 is 1.76 bits per heavy atom. The highest BCUT2D eigenvalue weighted by molar-refractivity contribution is 5.64. The van der Waals surface area contributed by atoms with Crippen LogP contribution in [0.15, 0.2) is 55.0 Å². The lowest BCUT2D eigenvalue weighted by atomic mass is 10.0. The third-order valence-corrected chi connectivity index (χ3v) is 6.53. The summed E-state index contributed by atoms with van der Waals surface area (Å²) in [4.78, 5) is 18.9. The molecule has 3 aromatic heterocycles. The van der Waals surface area contributed by atoms with Crippen LogP contribution in [0.5, 0.6) is 0 Å². The molecule has 0 aliphatic carbocycles. The zero-order valence-corrected chi connectivity index (χ0v) is 19.2. The molecular weight excluding hydrogens is 410 g/mol. The van der Waals surface area contributed by atoms with Crippen molar-refractivity contribution in [2.45, 2.75) is 26.8 Å². The van der Waals surface area contributed by atoms with Gasteiger partial charge in [0.15, 0.2) is 5.82 Å². The minimum Gasteiger partial charge on any atom is -0.354 e. The molecule has 1 aromatic carbocycles. The highest BCUT2D eigenvalue weighted by Crippen LogP contribution is 2.27. The quantitative estimate of drug-likeness (QED) is 0.477. The summed E-state index contributed by atoms with van der Waals surface area (Å²) in [6.07, 6.45) is 5.82. The summed E-state index contributed by atoms with van der Waals surface area (Å²) < 4.78 is 2.01. The maximum Gasteiger partial charge on any atom is 0.163 e. The molecule has 4 aromatic rings. The molecular formula is C26H27N7. The summed E-state index contributed by atoms with van der Waals surface area (Å²) >= 11 is 0. The van der Waals surface area contributed by atoms with Crippen molar-refractivity contribution in [2.75, 3.05) is 31.1 Å². The van der Waals surface area contributed by atoms with Gasteiger partial charge in [-0.1, -0.05) is 12.1 Å². The lowest BCUT2D eigenvalue weighted by Crippen LogP contribution is -2.47. The Morgan fingerprint density at radius 3 is 2.48 bits per heavy atom. The number of nitrogens with zero attached hydrogens (tertiary/aromatic N) is 7. The van der Waals surface area contributed by atoms with Gasteiger partial charge in [-0.25, -0.2) is 15.0 Å². The molecule has 0 N–H and O–H groups in total. The second-order valence-corrected chi connectivity index (χ2v) is 8.69. The molecule has 1 aliphatic heterocycles. The summed E-state index contributed by atoms with van der Waals surface area (Å²) in [5.74, 6) is 1.74. The maximum absolute atomic E-state index is 9.04. The number of anilines is 1. The van der Waals surface area contributed by atoms with Gasteiger partial charge in [-0.2, -0.15) is 5.26 Å². The highest BCUT2D eigenvalue weighted by Gasteiger charge is 2.23. The first kappa shape index (κ1) is 21.1. The number of pyridine rings is 1. The van der Waals surface area contributed by atoms with E-state index in [1.54, 1.807) is 6.20 Å². The van der Waals surface area contributed by atoms with Gasteiger partial charge in [-0.3, -0.25) is 4.90 Å². The van der Waals surface area contributed by atoms with Crippen molar-refractivity contribution in [3.8, 4) is 17.5 Å². The average molecular weight is 438 g/mol. The molecule has 4 heterocycles. The molecule has 1 unspecified atom stereocenters. The molecule has 1 fully saturated rings. The molecule has 0 amide bonds. The fourth-order valence-electron chi connectivity index (χ4n) is 4.51. The number of hydrogen-bond acceptors (Lipinski definition) is 6. The first-order valence-corrected chi connectivity index (χ1v) is 11.3. The number of benzene rings is 1. The van der Waals surface area contributed by atoms with Crippen LogP contribution in [-0.4, -0.2) is 50.4 Å². The number of rotatable bonds is 4. The van der Waals surface area contributed by atoms with Gasteiger partial charge in [0.05, 0.1) is 11.6 Å². The Labute approximate surface area is 194 Å². The molecule has 166 valence electrons. The van der Waals surface area contributed by atoms with Crippen LogP contribution in [0.3, 0.4) is 0 Å². The first-order chi connectivity index (χ1) is 16.0. The monoisotopic (exact) mass is 437 g/mol. The van der Waals surface area contributed by atoms with Gasteiger partial charge in [0.25, 0.3) is 0 Å². The fourth-order valence-corrected chi connectivity index (χ4v) is 4.51. The lowest BCUT2D eigenvalue weighted by molar-refractivity contribution is 0.198. The lowest BCUT2D eigenvalue weighted by Gasteiger charge is -2.38. The third-order valence-electron chi connectivity index (χ3n) is 6.53. The van der Waals surface area contributed by atoms with Crippen molar-refractivity contribution in [1.82, 2.24) is 24.3 Å². The van der Waals surface area contributed by atoms with Gasteiger partial charge in [-0.05, 0) is 50.1 Å². The molecule has 0 bridgehead atoms. The summed E-state index contributed by atoms with van der Waals surface area (Å²) in [5, 5.41) is 9.04. The second kappa shape index (κ2) is 8.64. The van der Waals surface area contributed by atoms with Crippen molar-refractivity contribution < 1.29 is 0 Å². The van der Waals surface area contributed by atoms with Crippen LogP contribution >= 0.6 is 0 Å². The predicted octanol–water partition coefficient (Wildman–Crippen LogP) is 4.16. The Bertz CT molecular complexity index is 1330. The zero-order valence-electron chi connectivity index (χ0n) is 19.2. The van der Waals surface area contributed by atoms with Crippen LogP contribution in [0.1, 0.15) is 35.3 Å². The number of aromatic nitrogens is 4. The smallest absolute Gasteiger partial charge is 0.163 e. The molecule has 1 saturated heterocycles. The molecule has 0 spiro atoms. The second-order valence-electron chi connectivity index (χ2n) is 8.69. The van der Waals surface area contributed by atoms with Crippen LogP contribution in [0.4, 0.5) is 5.82 Å². The number of aryl methyl sites for hydroxylation is 2. The van der Waals surface area contributed by atoms with Crippen molar-refractivity contribution in [3.63, 3.8) is 0 Å². The van der Waals surface area contributed by atoms with Crippen molar-refractivity contribution >= 4 is 11.5 Å². The van der Waals surface area contributed by atoms with Crippen LogP contribution < -0.4 is 4.90 Å². The van der Waals surface area contributed by atoms with Gasteiger partial charge in [-0.15, -0.1) is 0 Å². The zero-order chi connectivity index (χ0) is 22.9. The fraction of sp³-hybridized carbons (Fsp3) is 0.308. The van der Waals surface area contributed by atoms with E-state index in [0.29, 0.717) is 11.6 Å². The van der Waals surface area contributed by atoms with E-state index in [2.05, 4.69) is 65.2 Å². The van der Waals surface area contributed by atoms with E-state index in [1.165, 1.54) is 5.56 Å². The third kappa shape index (κ3) is 4.18. The molecule has 1 atom stereocenters. The van der Waals surface area contributed by atoms with Crippen molar-refractivity contribution in [1.29, 1.82) is 5.26 Å². The summed E-state index contributed by atoms with van der Waals surface area (Å²) in [6.45, 7) is 10.1. The van der Waals surface area contributed by atoms with E-state index in [9.17, 15) is 0 Å². The Morgan fingerprint density at radius 1 is 1.00 bits per heavy atom. The van der Waals surface area contributed by atoms with E-state index in [0.717, 1.165) is 60.3 Å². The SMILES string of the molecule is Cc1cc(N2CCN(C(C)c3ccc(C#N)cc3)CC2)nc(-c2cn3ccnc3cc2C)n1. The summed E-state index contributed by atoms with van der Waals surface area (Å²) in [5.41, 5.74) is 5.98. The Hall–Kier alpha value is -3.76. The maximum atomic E-state index is 9.04. The summed E-state index contributed by atoms with van der Waals surface area (Å²) in [7, 11) is 0. The molecule has 7 nitrogen and oxygen atoms in total. The van der Waals surface area contributed by atoms with E-state index in [1.807, 2.05) is 29.7 Å². The largest absolute Gasteiger partial charge is 0.354 e. The van der Waals surface area contributed by atoms with Crippen LogP contribution in [0, 0.1) is 25.2 Å². The molecule has 5 rings (SSSR count). The first-order valence-electron chi connectivity index (χ1n) is 11.3. The standard InChI is InChI=1S/C26H27N7/c1-18-14-24-28-8-9-33(24)17-23(18)26-29-19(2)15-25(30-26)32-12-10-31(11-13-32)20(3)22-6-4-21(16-27)5-7-22/h4-9,14-15,17,20H,10-13H2,1-3H3. The number of hydrogen-bond donors (Lipinski definition) is 0. The van der Waals surface area contributed by atoms with Crippen LogP contribution in [0.25, 0.3) is 17.0 Å². The minimum atomic E-state index is 0.312. The van der Waals surface area contributed by atoms with Crippen molar-refractivity contribution in [2.24, 2.45) is 0 Å². The molecule has 7 heteroatoms. The van der Waals surface area contributed by atoms with E-state index >= 15 is 0 Å². The topological polar surface area (TPSA) is 73.3 Å². The predicted molar refractivity (Wildman–Crippen MR) is 129 cm³/mol. The number of imidazole rings is 1. The van der Waals surface area contributed by atoms with Gasteiger partial charge in [0.1, 0.15) is 11.5 Å².